The standard InChI is InChI=1S/C31H39NO3/c1-24(27-11-6-5-7-12-27)22-32(23-25-14-16-28(17-15-25)31(2,3)4)18-9-19-35-29-13-8-10-26(20-29)21-30(33)34/h5-8,10-17,20,24H,9,18-19,21-23H2,1-4H3,(H,33,34). The molecule has 35 heavy (non-hydrogen) atoms. The zero-order valence-electron chi connectivity index (χ0n) is 21.5. The topological polar surface area (TPSA) is 49.8 Å². The molecular weight excluding hydrogens is 434 g/mol. The van der Waals surface area contributed by atoms with Crippen molar-refractivity contribution in [2.45, 2.75) is 58.4 Å². The van der Waals surface area contributed by atoms with E-state index in [-0.39, 0.29) is 11.8 Å². The molecule has 3 rings (SSSR count). The van der Waals surface area contributed by atoms with E-state index >= 15 is 0 Å². The first-order valence-corrected chi connectivity index (χ1v) is 12.5. The van der Waals surface area contributed by atoms with Crippen LogP contribution >= 0.6 is 0 Å². The monoisotopic (exact) mass is 473 g/mol. The van der Waals surface area contributed by atoms with Crippen LogP contribution in [0.4, 0.5) is 0 Å². The molecule has 0 heterocycles. The van der Waals surface area contributed by atoms with Gasteiger partial charge in [-0.1, -0.05) is 94.4 Å². The molecule has 0 spiro atoms. The van der Waals surface area contributed by atoms with Gasteiger partial charge in [-0.2, -0.15) is 0 Å². The van der Waals surface area contributed by atoms with Crippen molar-refractivity contribution in [3.8, 4) is 5.75 Å². The molecule has 3 aromatic rings. The lowest BCUT2D eigenvalue weighted by Gasteiger charge is -2.27. The van der Waals surface area contributed by atoms with E-state index in [4.69, 9.17) is 9.84 Å². The Morgan fingerprint density at radius 2 is 1.66 bits per heavy atom. The van der Waals surface area contributed by atoms with Crippen molar-refractivity contribution in [2.24, 2.45) is 0 Å². The molecule has 3 aromatic carbocycles. The number of aliphatic carboxylic acids is 1. The molecule has 1 atom stereocenters. The quantitative estimate of drug-likeness (QED) is 0.298. The summed E-state index contributed by atoms with van der Waals surface area (Å²) in [6.07, 6.45) is 0.904. The normalized spacial score (nSPS) is 12.5. The number of benzene rings is 3. The fraction of sp³-hybridized carbons (Fsp3) is 0.387. The summed E-state index contributed by atoms with van der Waals surface area (Å²) in [6, 6.07) is 27.1. The van der Waals surface area contributed by atoms with Crippen LogP contribution in [0.15, 0.2) is 78.9 Å². The molecule has 1 N–H and O–H groups in total. The number of carboxylic acids is 1. The maximum atomic E-state index is 11.0. The van der Waals surface area contributed by atoms with Crippen LogP contribution in [0.3, 0.4) is 0 Å². The maximum absolute atomic E-state index is 11.0. The summed E-state index contributed by atoms with van der Waals surface area (Å²) in [7, 11) is 0. The lowest BCUT2D eigenvalue weighted by molar-refractivity contribution is -0.136. The third kappa shape index (κ3) is 8.88. The van der Waals surface area contributed by atoms with Gasteiger partial charge in [-0.05, 0) is 52.1 Å². The largest absolute Gasteiger partial charge is 0.494 e. The van der Waals surface area contributed by atoms with Gasteiger partial charge in [0.25, 0.3) is 0 Å². The van der Waals surface area contributed by atoms with Crippen molar-refractivity contribution < 1.29 is 14.6 Å². The predicted molar refractivity (Wildman–Crippen MR) is 143 cm³/mol. The van der Waals surface area contributed by atoms with E-state index in [0.29, 0.717) is 12.5 Å². The fourth-order valence-electron chi connectivity index (χ4n) is 4.28. The molecule has 0 amide bonds. The van der Waals surface area contributed by atoms with Crippen LogP contribution in [0.2, 0.25) is 0 Å². The van der Waals surface area contributed by atoms with Gasteiger partial charge in [-0.25, -0.2) is 0 Å². The average Bonchev–Trinajstić information content (AvgIpc) is 2.82. The predicted octanol–water partition coefficient (Wildman–Crippen LogP) is 6.69. The van der Waals surface area contributed by atoms with Crippen LogP contribution in [0.1, 0.15) is 62.3 Å². The Morgan fingerprint density at radius 3 is 2.31 bits per heavy atom. The lowest BCUT2D eigenvalue weighted by Crippen LogP contribution is -2.29. The van der Waals surface area contributed by atoms with Crippen molar-refractivity contribution in [1.82, 2.24) is 4.90 Å². The molecule has 0 bridgehead atoms. The van der Waals surface area contributed by atoms with Gasteiger partial charge < -0.3 is 9.84 Å². The van der Waals surface area contributed by atoms with E-state index in [1.54, 1.807) is 0 Å². The van der Waals surface area contributed by atoms with Crippen molar-refractivity contribution in [2.75, 3.05) is 19.7 Å². The second-order valence-electron chi connectivity index (χ2n) is 10.4. The van der Waals surface area contributed by atoms with Crippen LogP contribution in [-0.2, 0) is 23.2 Å². The van der Waals surface area contributed by atoms with Gasteiger partial charge in [0.2, 0.25) is 0 Å². The Labute approximate surface area is 210 Å². The van der Waals surface area contributed by atoms with E-state index in [0.717, 1.165) is 37.4 Å². The minimum absolute atomic E-state index is 0.0103. The van der Waals surface area contributed by atoms with Gasteiger partial charge in [-0.3, -0.25) is 9.69 Å². The highest BCUT2D eigenvalue weighted by atomic mass is 16.5. The van der Waals surface area contributed by atoms with E-state index < -0.39 is 5.97 Å². The Morgan fingerprint density at radius 1 is 0.943 bits per heavy atom. The highest BCUT2D eigenvalue weighted by Gasteiger charge is 2.15. The molecule has 186 valence electrons. The second-order valence-corrected chi connectivity index (χ2v) is 10.4. The van der Waals surface area contributed by atoms with Crippen LogP contribution in [0.25, 0.3) is 0 Å². The third-order valence-corrected chi connectivity index (χ3v) is 6.27. The summed E-state index contributed by atoms with van der Waals surface area (Å²) in [6.45, 7) is 12.4. The molecule has 0 aliphatic heterocycles. The minimum Gasteiger partial charge on any atom is -0.494 e. The number of carboxylic acid groups (broad SMARTS) is 1. The molecule has 0 fully saturated rings. The highest BCUT2D eigenvalue weighted by Crippen LogP contribution is 2.23. The molecule has 0 saturated carbocycles. The molecule has 4 heteroatoms. The zero-order valence-corrected chi connectivity index (χ0v) is 21.5. The molecule has 0 aromatic heterocycles. The first-order valence-electron chi connectivity index (χ1n) is 12.5. The van der Waals surface area contributed by atoms with Crippen LogP contribution < -0.4 is 4.74 Å². The summed E-state index contributed by atoms with van der Waals surface area (Å²) < 4.78 is 5.95. The van der Waals surface area contributed by atoms with Gasteiger partial charge in [0, 0.05) is 19.6 Å². The van der Waals surface area contributed by atoms with Crippen LogP contribution in [-0.4, -0.2) is 35.7 Å². The van der Waals surface area contributed by atoms with E-state index in [9.17, 15) is 4.79 Å². The fourth-order valence-corrected chi connectivity index (χ4v) is 4.28. The van der Waals surface area contributed by atoms with Crippen molar-refractivity contribution in [3.05, 3.63) is 101 Å². The van der Waals surface area contributed by atoms with E-state index in [1.165, 1.54) is 16.7 Å². The lowest BCUT2D eigenvalue weighted by atomic mass is 9.87. The van der Waals surface area contributed by atoms with Gasteiger partial charge >= 0.3 is 5.97 Å². The molecular formula is C31H39NO3. The van der Waals surface area contributed by atoms with Gasteiger partial charge in [0.1, 0.15) is 5.75 Å². The number of hydrogen-bond donors (Lipinski definition) is 1. The maximum Gasteiger partial charge on any atom is 0.307 e. The summed E-state index contributed by atoms with van der Waals surface area (Å²) >= 11 is 0. The van der Waals surface area contributed by atoms with Crippen molar-refractivity contribution >= 4 is 5.97 Å². The number of hydrogen-bond acceptors (Lipinski definition) is 3. The first kappa shape index (κ1) is 26.5. The molecule has 0 saturated heterocycles. The number of carbonyl (C=O) groups is 1. The SMILES string of the molecule is CC(CN(CCCOc1cccc(CC(=O)O)c1)Cc1ccc(C(C)(C)C)cc1)c1ccccc1. The molecule has 4 nitrogen and oxygen atoms in total. The molecule has 0 radical (unpaired) electrons. The summed E-state index contributed by atoms with van der Waals surface area (Å²) in [4.78, 5) is 13.5. The highest BCUT2D eigenvalue weighted by molar-refractivity contribution is 5.70. The summed E-state index contributed by atoms with van der Waals surface area (Å²) in [5, 5.41) is 9.02. The Hall–Kier alpha value is -3.11. The Balaban J connectivity index is 1.61. The zero-order chi connectivity index (χ0) is 25.3. The summed E-state index contributed by atoms with van der Waals surface area (Å²) in [5.74, 6) is 0.324. The second kappa shape index (κ2) is 12.6. The van der Waals surface area contributed by atoms with E-state index in [2.05, 4.69) is 87.2 Å². The van der Waals surface area contributed by atoms with Crippen molar-refractivity contribution in [3.63, 3.8) is 0 Å². The number of nitrogens with zero attached hydrogens (tertiary/aromatic N) is 1. The first-order chi connectivity index (χ1) is 16.7. The average molecular weight is 474 g/mol. The summed E-state index contributed by atoms with van der Waals surface area (Å²) in [5.41, 5.74) is 4.93. The number of rotatable bonds is 12. The van der Waals surface area contributed by atoms with Gasteiger partial charge in [0.05, 0.1) is 13.0 Å². The Kier molecular flexibility index (Phi) is 9.50. The van der Waals surface area contributed by atoms with Crippen molar-refractivity contribution in [1.29, 1.82) is 0 Å². The van der Waals surface area contributed by atoms with Crippen LogP contribution in [0, 0.1) is 0 Å². The van der Waals surface area contributed by atoms with Crippen LogP contribution in [0.5, 0.6) is 5.75 Å². The molecule has 0 aliphatic carbocycles. The van der Waals surface area contributed by atoms with Gasteiger partial charge in [0.15, 0.2) is 0 Å². The molecule has 1 unspecified atom stereocenters. The smallest absolute Gasteiger partial charge is 0.307 e. The minimum atomic E-state index is -0.833. The van der Waals surface area contributed by atoms with E-state index in [1.807, 2.05) is 24.3 Å². The molecule has 0 aliphatic rings. The Bertz CT molecular complexity index is 1050. The van der Waals surface area contributed by atoms with Gasteiger partial charge in [-0.15, -0.1) is 0 Å². The third-order valence-electron chi connectivity index (χ3n) is 6.27. The number of ether oxygens (including phenoxy) is 1.